The van der Waals surface area contributed by atoms with Crippen LogP contribution in [0, 0.1) is 0 Å². The number of ether oxygens (including phenoxy) is 3. The van der Waals surface area contributed by atoms with Gasteiger partial charge in [-0.2, -0.15) is 5.10 Å². The van der Waals surface area contributed by atoms with Gasteiger partial charge in [-0.1, -0.05) is 6.07 Å². The lowest BCUT2D eigenvalue weighted by atomic mass is 10.1. The van der Waals surface area contributed by atoms with E-state index in [4.69, 9.17) is 14.2 Å². The number of amides is 1. The minimum Gasteiger partial charge on any atom is -0.493 e. The third-order valence-corrected chi connectivity index (χ3v) is 3.78. The summed E-state index contributed by atoms with van der Waals surface area (Å²) in [6.45, 7) is 0.317. The van der Waals surface area contributed by atoms with Gasteiger partial charge in [0.1, 0.15) is 0 Å². The normalized spacial score (nSPS) is 10.5. The number of carbonyl (C=O) groups excluding carboxylic acids is 1. The van der Waals surface area contributed by atoms with Gasteiger partial charge in [-0.3, -0.25) is 4.79 Å². The number of methoxy groups -OCH3 is 3. The van der Waals surface area contributed by atoms with Crippen molar-refractivity contribution in [1.82, 2.24) is 14.9 Å². The Morgan fingerprint density at radius 1 is 1.08 bits per heavy atom. The molecule has 7 heteroatoms. The summed E-state index contributed by atoms with van der Waals surface area (Å²) < 4.78 is 17.6. The summed E-state index contributed by atoms with van der Waals surface area (Å²) in [5.74, 6) is 1.05. The van der Waals surface area contributed by atoms with E-state index in [0.717, 1.165) is 11.2 Å². The number of nitrogens with one attached hydrogen (secondary N) is 1. The Morgan fingerprint density at radius 3 is 2.40 bits per heavy atom. The van der Waals surface area contributed by atoms with Gasteiger partial charge in [0.25, 0.3) is 5.91 Å². The van der Waals surface area contributed by atoms with E-state index in [2.05, 4.69) is 10.4 Å². The number of carbonyl (C=O) groups is 1. The molecule has 0 bridgehead atoms. The third kappa shape index (κ3) is 3.35. The number of benzene rings is 1. The summed E-state index contributed by atoms with van der Waals surface area (Å²) in [6, 6.07) is 10.9. The number of nitrogens with zero attached hydrogens (tertiary/aromatic N) is 2. The predicted molar refractivity (Wildman–Crippen MR) is 92.5 cm³/mol. The van der Waals surface area contributed by atoms with E-state index < -0.39 is 0 Å². The van der Waals surface area contributed by atoms with Crippen molar-refractivity contribution in [2.45, 2.75) is 6.54 Å². The second-order valence-corrected chi connectivity index (χ2v) is 5.30. The highest BCUT2D eigenvalue weighted by Crippen LogP contribution is 2.38. The number of pyridine rings is 1. The lowest BCUT2D eigenvalue weighted by molar-refractivity contribution is 0.0949. The second-order valence-electron chi connectivity index (χ2n) is 5.30. The monoisotopic (exact) mass is 341 g/mol. The van der Waals surface area contributed by atoms with Crippen LogP contribution in [0.3, 0.4) is 0 Å². The van der Waals surface area contributed by atoms with Crippen LogP contribution in [0.1, 0.15) is 16.1 Å². The minimum atomic E-state index is -0.253. The van der Waals surface area contributed by atoms with Gasteiger partial charge in [-0.25, -0.2) is 4.52 Å². The summed E-state index contributed by atoms with van der Waals surface area (Å²) in [6.07, 6.45) is 1.86. The quantitative estimate of drug-likeness (QED) is 0.745. The highest BCUT2D eigenvalue weighted by Gasteiger charge is 2.17. The molecule has 3 aromatic rings. The van der Waals surface area contributed by atoms with Gasteiger partial charge >= 0.3 is 0 Å². The van der Waals surface area contributed by atoms with Crippen LogP contribution in [-0.2, 0) is 6.54 Å². The van der Waals surface area contributed by atoms with Gasteiger partial charge < -0.3 is 19.5 Å². The highest BCUT2D eigenvalue weighted by molar-refractivity contribution is 5.95. The van der Waals surface area contributed by atoms with Crippen LogP contribution in [0.5, 0.6) is 17.2 Å². The summed E-state index contributed by atoms with van der Waals surface area (Å²) in [5, 5.41) is 7.26. The van der Waals surface area contributed by atoms with Crippen molar-refractivity contribution in [3.8, 4) is 17.2 Å². The molecule has 0 fully saturated rings. The first-order valence-electron chi connectivity index (χ1n) is 7.67. The molecule has 2 heterocycles. The number of fused-ring (bicyclic) bond motifs is 1. The molecule has 0 aliphatic heterocycles. The van der Waals surface area contributed by atoms with E-state index in [0.29, 0.717) is 29.4 Å². The molecule has 0 aliphatic rings. The fourth-order valence-electron chi connectivity index (χ4n) is 2.56. The topological polar surface area (TPSA) is 74.1 Å². The maximum absolute atomic E-state index is 12.5. The molecule has 3 rings (SSSR count). The Morgan fingerprint density at radius 2 is 1.80 bits per heavy atom. The summed E-state index contributed by atoms with van der Waals surface area (Å²) >= 11 is 0. The predicted octanol–water partition coefficient (Wildman–Crippen LogP) is 2.29. The van der Waals surface area contributed by atoms with E-state index in [9.17, 15) is 4.79 Å². The van der Waals surface area contributed by atoms with Crippen molar-refractivity contribution < 1.29 is 19.0 Å². The van der Waals surface area contributed by atoms with Crippen molar-refractivity contribution in [1.29, 1.82) is 0 Å². The van der Waals surface area contributed by atoms with Gasteiger partial charge in [0.2, 0.25) is 5.75 Å². The SMILES string of the molecule is COc1cc(C(=O)NCc2cc3ccccn3n2)cc(OC)c1OC. The number of hydrogen-bond donors (Lipinski definition) is 1. The molecule has 0 aliphatic carbocycles. The van der Waals surface area contributed by atoms with Gasteiger partial charge in [0.05, 0.1) is 39.1 Å². The fraction of sp³-hybridized carbons (Fsp3) is 0.222. The largest absolute Gasteiger partial charge is 0.493 e. The zero-order valence-corrected chi connectivity index (χ0v) is 14.3. The summed E-state index contributed by atoms with van der Waals surface area (Å²) in [4.78, 5) is 12.5. The molecule has 2 aromatic heterocycles. The van der Waals surface area contributed by atoms with Crippen molar-refractivity contribution in [2.75, 3.05) is 21.3 Å². The molecular weight excluding hydrogens is 322 g/mol. The van der Waals surface area contributed by atoms with Gasteiger partial charge in [0, 0.05) is 11.8 Å². The molecule has 130 valence electrons. The molecule has 0 atom stereocenters. The molecule has 1 aromatic carbocycles. The zero-order chi connectivity index (χ0) is 17.8. The maximum atomic E-state index is 12.5. The lowest BCUT2D eigenvalue weighted by Gasteiger charge is -2.13. The van der Waals surface area contributed by atoms with Gasteiger partial charge in [0.15, 0.2) is 11.5 Å². The molecule has 0 radical (unpaired) electrons. The first-order chi connectivity index (χ1) is 12.2. The summed E-state index contributed by atoms with van der Waals surface area (Å²) in [7, 11) is 4.54. The van der Waals surface area contributed by atoms with Gasteiger partial charge in [-0.15, -0.1) is 0 Å². The Bertz CT molecular complexity index is 846. The molecule has 1 amide bonds. The summed E-state index contributed by atoms with van der Waals surface area (Å²) in [5.41, 5.74) is 2.16. The molecule has 0 spiro atoms. The smallest absolute Gasteiger partial charge is 0.251 e. The maximum Gasteiger partial charge on any atom is 0.251 e. The number of rotatable bonds is 6. The average molecular weight is 341 g/mol. The lowest BCUT2D eigenvalue weighted by Crippen LogP contribution is -2.23. The zero-order valence-electron chi connectivity index (χ0n) is 14.3. The Kier molecular flexibility index (Phi) is 4.74. The molecule has 0 saturated heterocycles. The van der Waals surface area contributed by atoms with Crippen molar-refractivity contribution in [3.05, 3.63) is 53.9 Å². The van der Waals surface area contributed by atoms with Crippen LogP contribution >= 0.6 is 0 Å². The molecular formula is C18H19N3O4. The standard InChI is InChI=1S/C18H19N3O4/c1-23-15-8-12(9-16(24-2)17(15)25-3)18(22)19-11-13-10-14-6-4-5-7-21(14)20-13/h4-10H,11H2,1-3H3,(H,19,22). The van der Waals surface area contributed by atoms with Crippen molar-refractivity contribution in [3.63, 3.8) is 0 Å². The first kappa shape index (κ1) is 16.6. The molecule has 1 N–H and O–H groups in total. The van der Waals surface area contributed by atoms with Crippen LogP contribution in [0.4, 0.5) is 0 Å². The van der Waals surface area contributed by atoms with E-state index >= 15 is 0 Å². The molecule has 0 unspecified atom stereocenters. The minimum absolute atomic E-state index is 0.253. The molecule has 25 heavy (non-hydrogen) atoms. The Balaban J connectivity index is 1.78. The van der Waals surface area contributed by atoms with Gasteiger partial charge in [-0.05, 0) is 30.3 Å². The van der Waals surface area contributed by atoms with E-state index in [-0.39, 0.29) is 5.91 Å². The highest BCUT2D eigenvalue weighted by atomic mass is 16.5. The second kappa shape index (κ2) is 7.12. The van der Waals surface area contributed by atoms with Crippen LogP contribution in [0.2, 0.25) is 0 Å². The van der Waals surface area contributed by atoms with Crippen LogP contribution in [-0.4, -0.2) is 36.9 Å². The van der Waals surface area contributed by atoms with E-state index in [1.54, 1.807) is 16.6 Å². The Hall–Kier alpha value is -3.22. The van der Waals surface area contributed by atoms with E-state index in [1.807, 2.05) is 30.5 Å². The van der Waals surface area contributed by atoms with Crippen molar-refractivity contribution >= 4 is 11.4 Å². The van der Waals surface area contributed by atoms with Crippen LogP contribution in [0.15, 0.2) is 42.6 Å². The van der Waals surface area contributed by atoms with Crippen LogP contribution in [0.25, 0.3) is 5.52 Å². The first-order valence-corrected chi connectivity index (χ1v) is 7.67. The fourth-order valence-corrected chi connectivity index (χ4v) is 2.56. The Labute approximate surface area is 145 Å². The number of hydrogen-bond acceptors (Lipinski definition) is 5. The molecule has 0 saturated carbocycles. The van der Waals surface area contributed by atoms with Crippen LogP contribution < -0.4 is 19.5 Å². The third-order valence-electron chi connectivity index (χ3n) is 3.78. The average Bonchev–Trinajstić information content (AvgIpc) is 3.07. The van der Waals surface area contributed by atoms with Crippen molar-refractivity contribution in [2.24, 2.45) is 0 Å². The number of aromatic nitrogens is 2. The molecule has 7 nitrogen and oxygen atoms in total. The van der Waals surface area contributed by atoms with E-state index in [1.165, 1.54) is 21.3 Å².